The van der Waals surface area contributed by atoms with Crippen LogP contribution in [0.2, 0.25) is 0 Å². The van der Waals surface area contributed by atoms with Crippen LogP contribution in [0.3, 0.4) is 0 Å². The molecule has 1 aromatic heterocycles. The number of carbonyl (C=O) groups is 2. The first-order chi connectivity index (χ1) is 14.8. The third kappa shape index (κ3) is 4.54. The van der Waals surface area contributed by atoms with Crippen molar-refractivity contribution in [3.05, 3.63) is 64.2 Å². The van der Waals surface area contributed by atoms with E-state index in [-0.39, 0.29) is 11.5 Å². The molecule has 1 amide bonds. The zero-order chi connectivity index (χ0) is 22.6. The number of carbonyl (C=O) groups excluding carboxylic acids is 1. The van der Waals surface area contributed by atoms with Crippen molar-refractivity contribution in [2.75, 3.05) is 27.4 Å². The van der Waals surface area contributed by atoms with Gasteiger partial charge in [0.1, 0.15) is 11.5 Å². The number of aromatic nitrogens is 1. The normalized spacial score (nSPS) is 19.0. The molecule has 8 heteroatoms. The molecule has 1 saturated heterocycles. The molecule has 3 rings (SSSR count). The molecule has 31 heavy (non-hydrogen) atoms. The number of nitrogens with zero attached hydrogens (tertiary/aromatic N) is 2. The summed E-state index contributed by atoms with van der Waals surface area (Å²) in [7, 11) is 5.05. The van der Waals surface area contributed by atoms with E-state index in [4.69, 9.17) is 14.6 Å². The number of carboxylic acid groups (broad SMARTS) is 1. The molecule has 0 spiro atoms. The van der Waals surface area contributed by atoms with E-state index in [1.807, 2.05) is 30.7 Å². The first-order valence-electron chi connectivity index (χ1n) is 9.89. The Kier molecular flexibility index (Phi) is 6.60. The lowest BCUT2D eigenvalue weighted by Crippen LogP contribution is -2.47. The van der Waals surface area contributed by atoms with Gasteiger partial charge in [-0.15, -0.1) is 0 Å². The number of hydrogen-bond acceptors (Lipinski definition) is 5. The second-order valence-electron chi connectivity index (χ2n) is 7.52. The van der Waals surface area contributed by atoms with Crippen LogP contribution in [-0.2, 0) is 22.1 Å². The Balaban J connectivity index is 1.92. The Hall–Kier alpha value is -3.39. The van der Waals surface area contributed by atoms with Crippen molar-refractivity contribution in [2.24, 2.45) is 12.0 Å². The molecule has 1 fully saturated rings. The van der Waals surface area contributed by atoms with Crippen LogP contribution in [0, 0.1) is 6.92 Å². The summed E-state index contributed by atoms with van der Waals surface area (Å²) < 4.78 is 12.7. The molecule has 1 unspecified atom stereocenters. The summed E-state index contributed by atoms with van der Waals surface area (Å²) in [5.41, 5.74) is 2.56. The molecule has 0 bridgehead atoms. The molecular weight excluding hydrogens is 398 g/mol. The van der Waals surface area contributed by atoms with E-state index in [0.29, 0.717) is 31.1 Å². The molecule has 2 heterocycles. The molecule has 0 aliphatic carbocycles. The number of aliphatic imine (C=N–C) groups is 1. The van der Waals surface area contributed by atoms with Crippen molar-refractivity contribution >= 4 is 24.2 Å². The lowest BCUT2D eigenvalue weighted by Gasteiger charge is -2.29. The van der Waals surface area contributed by atoms with Crippen molar-refractivity contribution in [1.29, 1.82) is 0 Å². The Morgan fingerprint density at radius 1 is 1.32 bits per heavy atom. The zero-order valence-corrected chi connectivity index (χ0v) is 18.1. The Morgan fingerprint density at radius 2 is 2.03 bits per heavy atom. The lowest BCUT2D eigenvalue weighted by molar-refractivity contribution is 0.0696. The number of ether oxygens (including phenoxy) is 2. The van der Waals surface area contributed by atoms with Crippen LogP contribution >= 0.6 is 0 Å². The molecule has 0 saturated carbocycles. The molecule has 1 aromatic carbocycles. The fourth-order valence-corrected chi connectivity index (χ4v) is 3.79. The predicted octanol–water partition coefficient (Wildman–Crippen LogP) is 2.77. The highest BCUT2D eigenvalue weighted by molar-refractivity contribution is 5.95. The van der Waals surface area contributed by atoms with Gasteiger partial charge in [0.05, 0.1) is 31.0 Å². The zero-order valence-electron chi connectivity index (χ0n) is 18.1. The fourth-order valence-electron chi connectivity index (χ4n) is 3.79. The van der Waals surface area contributed by atoms with Gasteiger partial charge in [-0.05, 0) is 36.2 Å². The van der Waals surface area contributed by atoms with Crippen molar-refractivity contribution in [3.8, 4) is 0 Å². The molecule has 164 valence electrons. The average Bonchev–Trinajstić information content (AvgIpc) is 3.34. The Bertz CT molecular complexity index is 1030. The molecular formula is C23H27N3O5. The van der Waals surface area contributed by atoms with Crippen molar-refractivity contribution in [2.45, 2.75) is 18.9 Å². The van der Waals surface area contributed by atoms with Crippen LogP contribution in [0.25, 0.3) is 6.08 Å². The van der Waals surface area contributed by atoms with Gasteiger partial charge in [0.2, 0.25) is 0 Å². The quantitative estimate of drug-likeness (QED) is 0.525. The number of aryl methyl sites for hydroxylation is 1. The van der Waals surface area contributed by atoms with Crippen molar-refractivity contribution in [1.82, 2.24) is 9.88 Å². The van der Waals surface area contributed by atoms with E-state index in [1.54, 1.807) is 44.6 Å². The molecule has 2 N–H and O–H groups in total. The number of rotatable bonds is 7. The van der Waals surface area contributed by atoms with Crippen LogP contribution in [0.4, 0.5) is 0 Å². The van der Waals surface area contributed by atoms with Gasteiger partial charge in [-0.2, -0.15) is 0 Å². The van der Waals surface area contributed by atoms with E-state index < -0.39 is 11.5 Å². The maximum Gasteiger partial charge on any atom is 0.335 e. The third-order valence-electron chi connectivity index (χ3n) is 5.54. The van der Waals surface area contributed by atoms with Crippen molar-refractivity contribution in [3.63, 3.8) is 0 Å². The highest BCUT2D eigenvalue weighted by Gasteiger charge is 2.39. The highest BCUT2D eigenvalue weighted by Crippen LogP contribution is 2.31. The first-order valence-corrected chi connectivity index (χ1v) is 9.89. The van der Waals surface area contributed by atoms with E-state index in [2.05, 4.69) is 10.3 Å². The summed E-state index contributed by atoms with van der Waals surface area (Å²) >= 11 is 0. The smallest absolute Gasteiger partial charge is 0.335 e. The minimum atomic E-state index is -0.990. The molecule has 2 aromatic rings. The maximum atomic E-state index is 13.3. The van der Waals surface area contributed by atoms with Crippen molar-refractivity contribution < 1.29 is 24.2 Å². The number of nitrogens with one attached hydrogen (secondary N) is 1. The van der Waals surface area contributed by atoms with Crippen LogP contribution in [-0.4, -0.2) is 55.1 Å². The maximum absolute atomic E-state index is 13.3. The number of carboxylic acids is 1. The summed E-state index contributed by atoms with van der Waals surface area (Å²) in [5, 5.41) is 12.3. The van der Waals surface area contributed by atoms with Gasteiger partial charge in [-0.25, -0.2) is 4.79 Å². The monoisotopic (exact) mass is 425 g/mol. The predicted molar refractivity (Wildman–Crippen MR) is 118 cm³/mol. The lowest BCUT2D eigenvalue weighted by atomic mass is 9.88. The number of benzene rings is 1. The first kappa shape index (κ1) is 22.3. The standard InChI is InChI=1S/C23H27N3O5/c1-15-11-20(26(3)19(15)12-18(30-4)13-24-2)21(27)25-23(9-10-31-14-23)17-7-5-16(6-8-17)22(28)29/h5-8,11-13H,9-10,14H2,1-4H3,(H,25,27)(H,28,29)/b18-12+,24-13+. The van der Waals surface area contributed by atoms with Crippen LogP contribution < -0.4 is 5.32 Å². The van der Waals surface area contributed by atoms with E-state index in [1.165, 1.54) is 0 Å². The number of aromatic carboxylic acids is 1. The van der Waals surface area contributed by atoms with Gasteiger partial charge in [-0.3, -0.25) is 9.79 Å². The van der Waals surface area contributed by atoms with Gasteiger partial charge in [0.25, 0.3) is 5.91 Å². The third-order valence-corrected chi connectivity index (χ3v) is 5.54. The summed E-state index contributed by atoms with van der Waals surface area (Å²) in [6, 6.07) is 8.38. The summed E-state index contributed by atoms with van der Waals surface area (Å²) in [4.78, 5) is 28.4. The molecule has 1 aliphatic heterocycles. The van der Waals surface area contributed by atoms with Gasteiger partial charge in [0, 0.05) is 38.9 Å². The average molecular weight is 425 g/mol. The van der Waals surface area contributed by atoms with Crippen LogP contribution in [0.5, 0.6) is 0 Å². The minimum Gasteiger partial charge on any atom is -0.495 e. The van der Waals surface area contributed by atoms with Gasteiger partial charge in [0.15, 0.2) is 0 Å². The highest BCUT2D eigenvalue weighted by atomic mass is 16.5. The largest absolute Gasteiger partial charge is 0.495 e. The molecule has 1 atom stereocenters. The van der Waals surface area contributed by atoms with Gasteiger partial charge >= 0.3 is 5.97 Å². The Labute approximate surface area is 181 Å². The fraction of sp³-hybridized carbons (Fsp3) is 0.348. The second kappa shape index (κ2) is 9.18. The van der Waals surface area contributed by atoms with E-state index >= 15 is 0 Å². The molecule has 1 aliphatic rings. The number of methoxy groups -OCH3 is 1. The van der Waals surface area contributed by atoms with Gasteiger partial charge in [-0.1, -0.05) is 12.1 Å². The summed E-state index contributed by atoms with van der Waals surface area (Å²) in [5.74, 6) is -0.644. The number of amides is 1. The SMILES string of the molecule is C/N=C/C(=C\c1c(C)cc(C(=O)NC2(c3ccc(C(=O)O)cc3)CCOC2)n1C)OC. The van der Waals surface area contributed by atoms with E-state index in [9.17, 15) is 9.59 Å². The van der Waals surface area contributed by atoms with Gasteiger partial charge < -0.3 is 24.5 Å². The molecule has 0 radical (unpaired) electrons. The number of allylic oxidation sites excluding steroid dienone is 1. The summed E-state index contributed by atoms with van der Waals surface area (Å²) in [6.45, 7) is 2.76. The van der Waals surface area contributed by atoms with Crippen LogP contribution in [0.15, 0.2) is 41.1 Å². The Morgan fingerprint density at radius 3 is 2.58 bits per heavy atom. The summed E-state index contributed by atoms with van der Waals surface area (Å²) in [6.07, 6.45) is 4.04. The van der Waals surface area contributed by atoms with E-state index in [0.717, 1.165) is 16.8 Å². The minimum absolute atomic E-state index is 0.197. The topological polar surface area (TPSA) is 102 Å². The molecule has 8 nitrogen and oxygen atoms in total. The number of hydrogen-bond donors (Lipinski definition) is 2. The van der Waals surface area contributed by atoms with Crippen LogP contribution in [0.1, 0.15) is 44.1 Å². The second-order valence-corrected chi connectivity index (χ2v) is 7.52.